The third kappa shape index (κ3) is 7.02. The number of nitrogens with one attached hydrogen (secondary N) is 2. The van der Waals surface area contributed by atoms with Gasteiger partial charge < -0.3 is 14.8 Å². The van der Waals surface area contributed by atoms with E-state index in [-0.39, 0.29) is 23.0 Å². The van der Waals surface area contributed by atoms with Crippen molar-refractivity contribution < 1.29 is 24.0 Å². The SMILES string of the molecule is CC(C)(C)OC(=O)Nc1ccc(Oc2ccc(NC(=O)c3ccc(Br)s3)cc2[N+](=O)[O-])cc1. The van der Waals surface area contributed by atoms with Gasteiger partial charge >= 0.3 is 11.8 Å². The van der Waals surface area contributed by atoms with Crippen molar-refractivity contribution in [1.29, 1.82) is 0 Å². The highest BCUT2D eigenvalue weighted by Gasteiger charge is 2.19. The monoisotopic (exact) mass is 533 g/mol. The smallest absolute Gasteiger partial charge is 0.412 e. The van der Waals surface area contributed by atoms with Crippen LogP contribution in [0.4, 0.5) is 21.9 Å². The molecule has 3 rings (SSSR count). The van der Waals surface area contributed by atoms with E-state index in [9.17, 15) is 19.7 Å². The normalized spacial score (nSPS) is 10.9. The van der Waals surface area contributed by atoms with E-state index in [1.807, 2.05) is 0 Å². The summed E-state index contributed by atoms with van der Waals surface area (Å²) in [6.45, 7) is 5.27. The number of hydrogen-bond donors (Lipinski definition) is 2. The molecule has 1 aromatic heterocycles. The molecule has 0 unspecified atom stereocenters. The summed E-state index contributed by atoms with van der Waals surface area (Å²) >= 11 is 4.54. The van der Waals surface area contributed by atoms with Gasteiger partial charge in [0.25, 0.3) is 5.91 Å². The highest BCUT2D eigenvalue weighted by atomic mass is 79.9. The van der Waals surface area contributed by atoms with Crippen molar-refractivity contribution in [2.45, 2.75) is 26.4 Å². The first-order valence-corrected chi connectivity index (χ1v) is 11.2. The summed E-state index contributed by atoms with van der Waals surface area (Å²) in [5.74, 6) is -0.0421. The molecule has 9 nitrogen and oxygen atoms in total. The van der Waals surface area contributed by atoms with Gasteiger partial charge in [-0.3, -0.25) is 20.2 Å². The van der Waals surface area contributed by atoms with Crippen molar-refractivity contribution in [3.63, 3.8) is 0 Å². The standard InChI is InChI=1S/C22H20BrN3O6S/c1-22(2,3)32-21(28)25-13-4-7-15(8-5-13)31-17-9-6-14(12-16(17)26(29)30)24-20(27)18-10-11-19(23)33-18/h4-12H,1-3H3,(H,24,27)(H,25,28). The van der Waals surface area contributed by atoms with E-state index in [4.69, 9.17) is 9.47 Å². The van der Waals surface area contributed by atoms with Gasteiger partial charge in [0.2, 0.25) is 5.75 Å². The molecule has 2 amide bonds. The van der Waals surface area contributed by atoms with Crippen LogP contribution < -0.4 is 15.4 Å². The number of hydrogen-bond acceptors (Lipinski definition) is 7. The van der Waals surface area contributed by atoms with Crippen molar-refractivity contribution in [1.82, 2.24) is 0 Å². The van der Waals surface area contributed by atoms with Crippen LogP contribution in [0.15, 0.2) is 58.4 Å². The Morgan fingerprint density at radius 3 is 2.24 bits per heavy atom. The number of carbonyl (C=O) groups excluding carboxylic acids is 2. The quantitative estimate of drug-likeness (QED) is 0.265. The second kappa shape index (κ2) is 10.0. The molecular formula is C22H20BrN3O6S. The minimum Gasteiger partial charge on any atom is -0.450 e. The minimum atomic E-state index is -0.627. The van der Waals surface area contributed by atoms with E-state index in [2.05, 4.69) is 26.6 Å². The third-order valence-corrected chi connectivity index (χ3v) is 5.56. The second-order valence-electron chi connectivity index (χ2n) is 7.75. The van der Waals surface area contributed by atoms with Gasteiger partial charge in [0.05, 0.1) is 13.6 Å². The van der Waals surface area contributed by atoms with Gasteiger partial charge in [0.15, 0.2) is 0 Å². The Morgan fingerprint density at radius 2 is 1.67 bits per heavy atom. The summed E-state index contributed by atoms with van der Waals surface area (Å²) in [6.07, 6.45) is -0.598. The second-order valence-corrected chi connectivity index (χ2v) is 10.2. The molecular weight excluding hydrogens is 514 g/mol. The van der Waals surface area contributed by atoms with Crippen molar-refractivity contribution >= 4 is 56.3 Å². The fourth-order valence-corrected chi connectivity index (χ4v) is 3.89. The fourth-order valence-electron chi connectivity index (χ4n) is 2.61. The van der Waals surface area contributed by atoms with Crippen LogP contribution in [0.3, 0.4) is 0 Å². The van der Waals surface area contributed by atoms with Gasteiger partial charge in [-0.2, -0.15) is 0 Å². The van der Waals surface area contributed by atoms with E-state index in [0.717, 1.165) is 3.79 Å². The Morgan fingerprint density at radius 1 is 1.00 bits per heavy atom. The molecule has 33 heavy (non-hydrogen) atoms. The number of carbonyl (C=O) groups is 2. The van der Waals surface area contributed by atoms with Gasteiger partial charge in [-0.1, -0.05) is 0 Å². The zero-order valence-electron chi connectivity index (χ0n) is 17.9. The van der Waals surface area contributed by atoms with Crippen LogP contribution in [0.1, 0.15) is 30.4 Å². The molecule has 0 fully saturated rings. The molecule has 0 spiro atoms. The Balaban J connectivity index is 1.70. The van der Waals surface area contributed by atoms with Gasteiger partial charge in [-0.15, -0.1) is 11.3 Å². The lowest BCUT2D eigenvalue weighted by molar-refractivity contribution is -0.385. The van der Waals surface area contributed by atoms with E-state index >= 15 is 0 Å². The first-order chi connectivity index (χ1) is 15.5. The maximum absolute atomic E-state index is 12.3. The summed E-state index contributed by atoms with van der Waals surface area (Å²) in [4.78, 5) is 35.6. The zero-order chi connectivity index (χ0) is 24.2. The van der Waals surface area contributed by atoms with Crippen LogP contribution in [0.5, 0.6) is 11.5 Å². The number of anilines is 2. The molecule has 0 saturated carbocycles. The minimum absolute atomic E-state index is 0.00437. The van der Waals surface area contributed by atoms with Gasteiger partial charge in [0.1, 0.15) is 11.4 Å². The van der Waals surface area contributed by atoms with E-state index in [0.29, 0.717) is 16.3 Å². The summed E-state index contributed by atoms with van der Waals surface area (Å²) in [6, 6.07) is 13.8. The van der Waals surface area contributed by atoms with Crippen LogP contribution in [0.25, 0.3) is 0 Å². The fraction of sp³-hybridized carbons (Fsp3) is 0.182. The average molecular weight is 534 g/mol. The summed E-state index contributed by atoms with van der Waals surface area (Å²) in [5, 5.41) is 16.8. The van der Waals surface area contributed by atoms with Crippen LogP contribution in [-0.4, -0.2) is 22.5 Å². The number of ether oxygens (including phenoxy) is 2. The van der Waals surface area contributed by atoms with Crippen LogP contribution >= 0.6 is 27.3 Å². The first kappa shape index (κ1) is 24.2. The number of halogens is 1. The molecule has 2 aromatic carbocycles. The predicted octanol–water partition coefficient (Wildman–Crippen LogP) is 6.81. The lowest BCUT2D eigenvalue weighted by atomic mass is 10.2. The average Bonchev–Trinajstić information content (AvgIpc) is 3.15. The highest BCUT2D eigenvalue weighted by molar-refractivity contribution is 9.11. The maximum Gasteiger partial charge on any atom is 0.412 e. The van der Waals surface area contributed by atoms with Gasteiger partial charge in [0, 0.05) is 17.4 Å². The number of benzene rings is 2. The van der Waals surface area contributed by atoms with Gasteiger partial charge in [-0.25, -0.2) is 4.79 Å². The predicted molar refractivity (Wildman–Crippen MR) is 129 cm³/mol. The highest BCUT2D eigenvalue weighted by Crippen LogP contribution is 2.34. The number of rotatable bonds is 6. The molecule has 0 radical (unpaired) electrons. The topological polar surface area (TPSA) is 120 Å². The number of thiophene rings is 1. The number of nitro benzene ring substituents is 1. The van der Waals surface area contributed by atoms with Crippen molar-refractivity contribution in [3.05, 3.63) is 73.4 Å². The molecule has 0 aliphatic heterocycles. The largest absolute Gasteiger partial charge is 0.450 e. The molecule has 11 heteroatoms. The molecule has 3 aromatic rings. The van der Waals surface area contributed by atoms with Crippen LogP contribution in [0, 0.1) is 10.1 Å². The maximum atomic E-state index is 12.3. The Labute approximate surface area is 202 Å². The van der Waals surface area contributed by atoms with E-state index in [1.165, 1.54) is 29.5 Å². The molecule has 0 atom stereocenters. The molecule has 0 aliphatic rings. The molecule has 172 valence electrons. The third-order valence-electron chi connectivity index (χ3n) is 3.94. The van der Waals surface area contributed by atoms with Crippen molar-refractivity contribution in [3.8, 4) is 11.5 Å². The molecule has 1 heterocycles. The molecule has 2 N–H and O–H groups in total. The van der Waals surface area contributed by atoms with E-state index < -0.39 is 16.6 Å². The van der Waals surface area contributed by atoms with Crippen molar-refractivity contribution in [2.24, 2.45) is 0 Å². The van der Waals surface area contributed by atoms with Gasteiger partial charge in [-0.05, 0) is 85.2 Å². The summed E-state index contributed by atoms with van der Waals surface area (Å²) in [5.41, 5.74) is -0.195. The summed E-state index contributed by atoms with van der Waals surface area (Å²) in [7, 11) is 0. The Bertz CT molecular complexity index is 1190. The Kier molecular flexibility index (Phi) is 7.34. The molecule has 0 aliphatic carbocycles. The van der Waals surface area contributed by atoms with E-state index in [1.54, 1.807) is 57.2 Å². The zero-order valence-corrected chi connectivity index (χ0v) is 20.3. The molecule has 0 saturated heterocycles. The lowest BCUT2D eigenvalue weighted by Crippen LogP contribution is -2.27. The van der Waals surface area contributed by atoms with Crippen LogP contribution in [0.2, 0.25) is 0 Å². The first-order valence-electron chi connectivity index (χ1n) is 9.63. The Hall–Kier alpha value is -3.44. The van der Waals surface area contributed by atoms with Crippen LogP contribution in [-0.2, 0) is 4.74 Å². The molecule has 0 bridgehead atoms. The number of nitrogens with zero attached hydrogens (tertiary/aromatic N) is 1. The number of amides is 2. The van der Waals surface area contributed by atoms with Crippen molar-refractivity contribution in [2.75, 3.05) is 10.6 Å². The summed E-state index contributed by atoms with van der Waals surface area (Å²) < 4.78 is 11.6. The number of nitro groups is 1. The lowest BCUT2D eigenvalue weighted by Gasteiger charge is -2.19.